The highest BCUT2D eigenvalue weighted by Gasteiger charge is 2.47. The molecule has 1 N–H and O–H groups in total. The van der Waals surface area contributed by atoms with Crippen LogP contribution in [0.15, 0.2) is 78.9 Å². The van der Waals surface area contributed by atoms with Gasteiger partial charge in [-0.05, 0) is 48.7 Å². The van der Waals surface area contributed by atoms with Crippen LogP contribution >= 0.6 is 0 Å². The number of amides is 2. The highest BCUT2D eigenvalue weighted by Crippen LogP contribution is 2.35. The summed E-state index contributed by atoms with van der Waals surface area (Å²) in [6.07, 6.45) is 0.462. The fourth-order valence-electron chi connectivity index (χ4n) is 4.01. The van der Waals surface area contributed by atoms with Gasteiger partial charge in [-0.2, -0.15) is 0 Å². The Morgan fingerprint density at radius 3 is 2.38 bits per heavy atom. The molecule has 1 atom stereocenters. The fourth-order valence-corrected chi connectivity index (χ4v) is 4.01. The molecule has 4 nitrogen and oxygen atoms in total. The van der Waals surface area contributed by atoms with E-state index in [4.69, 9.17) is 0 Å². The van der Waals surface area contributed by atoms with Crippen LogP contribution in [-0.2, 0) is 17.8 Å². The summed E-state index contributed by atoms with van der Waals surface area (Å²) < 4.78 is 0. The van der Waals surface area contributed by atoms with E-state index in [0.717, 1.165) is 22.4 Å². The maximum atomic E-state index is 13.4. The molecule has 1 aliphatic heterocycles. The van der Waals surface area contributed by atoms with Crippen molar-refractivity contribution in [2.75, 3.05) is 4.90 Å². The second kappa shape index (κ2) is 7.55. The Balaban J connectivity index is 1.70. The lowest BCUT2D eigenvalue weighted by Gasteiger charge is -2.44. The van der Waals surface area contributed by atoms with Crippen molar-refractivity contribution in [1.29, 1.82) is 0 Å². The van der Waals surface area contributed by atoms with E-state index in [0.29, 0.717) is 18.5 Å². The van der Waals surface area contributed by atoms with Crippen LogP contribution in [0.1, 0.15) is 34.0 Å². The summed E-state index contributed by atoms with van der Waals surface area (Å²) in [4.78, 5) is 28.5. The molecule has 0 spiro atoms. The standard InChI is InChI=1S/C25H24N2O2/c1-18-10-6-7-12-20(18)17-26-24(29)25(2)16-19-11-8-9-15-22(19)23(28)27(25)21-13-4-3-5-14-21/h3-15H,16-17H2,1-2H3,(H,26,29)/t25-/m1/s1. The maximum absolute atomic E-state index is 13.4. The number of nitrogens with one attached hydrogen (secondary N) is 1. The van der Waals surface area contributed by atoms with Crippen LogP contribution < -0.4 is 10.2 Å². The number of aryl methyl sites for hydroxylation is 1. The van der Waals surface area contributed by atoms with Gasteiger partial charge >= 0.3 is 0 Å². The minimum atomic E-state index is -1.02. The minimum Gasteiger partial charge on any atom is -0.350 e. The second-order valence-electron chi connectivity index (χ2n) is 7.69. The molecular formula is C25H24N2O2. The van der Waals surface area contributed by atoms with Gasteiger partial charge in [-0.1, -0.05) is 60.7 Å². The number of hydrogen-bond acceptors (Lipinski definition) is 2. The average Bonchev–Trinajstić information content (AvgIpc) is 2.74. The van der Waals surface area contributed by atoms with Crippen LogP contribution in [0.5, 0.6) is 0 Å². The Morgan fingerprint density at radius 1 is 0.966 bits per heavy atom. The maximum Gasteiger partial charge on any atom is 0.259 e. The van der Waals surface area contributed by atoms with E-state index in [2.05, 4.69) is 5.32 Å². The smallest absolute Gasteiger partial charge is 0.259 e. The van der Waals surface area contributed by atoms with Gasteiger partial charge in [0.1, 0.15) is 5.54 Å². The van der Waals surface area contributed by atoms with E-state index in [9.17, 15) is 9.59 Å². The molecule has 3 aromatic rings. The third-order valence-corrected chi connectivity index (χ3v) is 5.68. The monoisotopic (exact) mass is 384 g/mol. The van der Waals surface area contributed by atoms with E-state index in [1.54, 1.807) is 4.90 Å². The zero-order valence-corrected chi connectivity index (χ0v) is 16.7. The normalized spacial score (nSPS) is 18.3. The Labute approximate surface area is 171 Å². The Bertz CT molecular complexity index is 1060. The summed E-state index contributed by atoms with van der Waals surface area (Å²) in [6, 6.07) is 24.9. The highest BCUT2D eigenvalue weighted by molar-refractivity contribution is 6.14. The predicted molar refractivity (Wildman–Crippen MR) is 115 cm³/mol. The molecular weight excluding hydrogens is 360 g/mol. The topological polar surface area (TPSA) is 49.4 Å². The van der Waals surface area contributed by atoms with Gasteiger partial charge in [0.15, 0.2) is 0 Å². The van der Waals surface area contributed by atoms with Gasteiger partial charge in [0.25, 0.3) is 5.91 Å². The van der Waals surface area contributed by atoms with Crippen LogP contribution in [-0.4, -0.2) is 17.4 Å². The van der Waals surface area contributed by atoms with Crippen LogP contribution in [0.2, 0.25) is 0 Å². The Hall–Kier alpha value is -3.40. The Morgan fingerprint density at radius 2 is 1.62 bits per heavy atom. The molecule has 0 saturated heterocycles. The molecule has 0 aromatic heterocycles. The van der Waals surface area contributed by atoms with Gasteiger partial charge in [-0.15, -0.1) is 0 Å². The van der Waals surface area contributed by atoms with Gasteiger partial charge in [-0.3, -0.25) is 14.5 Å². The number of nitrogens with zero attached hydrogens (tertiary/aromatic N) is 1. The second-order valence-corrected chi connectivity index (χ2v) is 7.69. The number of fused-ring (bicyclic) bond motifs is 1. The lowest BCUT2D eigenvalue weighted by atomic mass is 9.82. The SMILES string of the molecule is Cc1ccccc1CNC(=O)[C@@]1(C)Cc2ccccc2C(=O)N1c1ccccc1. The summed E-state index contributed by atoms with van der Waals surface area (Å²) in [5, 5.41) is 3.07. The predicted octanol–water partition coefficient (Wildman–Crippen LogP) is 4.27. The minimum absolute atomic E-state index is 0.147. The summed E-state index contributed by atoms with van der Waals surface area (Å²) in [6.45, 7) is 4.31. The first-order chi connectivity index (χ1) is 14.0. The first kappa shape index (κ1) is 18.9. The number of para-hydroxylation sites is 1. The van der Waals surface area contributed by atoms with E-state index in [1.807, 2.05) is 92.7 Å². The number of carbonyl (C=O) groups is 2. The number of rotatable bonds is 4. The number of anilines is 1. The lowest BCUT2D eigenvalue weighted by molar-refractivity contribution is -0.126. The molecule has 2 amide bonds. The molecule has 0 unspecified atom stereocenters. The van der Waals surface area contributed by atoms with Crippen molar-refractivity contribution in [1.82, 2.24) is 5.32 Å². The van der Waals surface area contributed by atoms with E-state index in [-0.39, 0.29) is 11.8 Å². The first-order valence-corrected chi connectivity index (χ1v) is 9.81. The molecule has 0 aliphatic carbocycles. The van der Waals surface area contributed by atoms with Crippen molar-refractivity contribution >= 4 is 17.5 Å². The van der Waals surface area contributed by atoms with Gasteiger partial charge in [0.05, 0.1) is 0 Å². The molecule has 1 heterocycles. The van der Waals surface area contributed by atoms with E-state index < -0.39 is 5.54 Å². The van der Waals surface area contributed by atoms with E-state index >= 15 is 0 Å². The lowest BCUT2D eigenvalue weighted by Crippen LogP contribution is -2.63. The summed E-state index contributed by atoms with van der Waals surface area (Å²) in [5.41, 5.74) is 3.45. The third-order valence-electron chi connectivity index (χ3n) is 5.68. The molecule has 0 radical (unpaired) electrons. The van der Waals surface area contributed by atoms with Crippen LogP contribution in [0, 0.1) is 6.92 Å². The largest absolute Gasteiger partial charge is 0.350 e. The van der Waals surface area contributed by atoms with Crippen molar-refractivity contribution in [2.45, 2.75) is 32.4 Å². The Kier molecular flexibility index (Phi) is 4.93. The molecule has 29 heavy (non-hydrogen) atoms. The van der Waals surface area contributed by atoms with Gasteiger partial charge in [-0.25, -0.2) is 0 Å². The summed E-state index contributed by atoms with van der Waals surface area (Å²) in [5.74, 6) is -0.306. The molecule has 0 bridgehead atoms. The van der Waals surface area contributed by atoms with Crippen molar-refractivity contribution in [3.63, 3.8) is 0 Å². The van der Waals surface area contributed by atoms with Crippen LogP contribution in [0.4, 0.5) is 5.69 Å². The molecule has 4 rings (SSSR count). The van der Waals surface area contributed by atoms with E-state index in [1.165, 1.54) is 0 Å². The molecule has 146 valence electrons. The van der Waals surface area contributed by atoms with Gasteiger partial charge in [0, 0.05) is 24.2 Å². The molecule has 0 saturated carbocycles. The van der Waals surface area contributed by atoms with Gasteiger partial charge in [0.2, 0.25) is 5.91 Å². The zero-order chi connectivity index (χ0) is 20.4. The number of benzene rings is 3. The van der Waals surface area contributed by atoms with Crippen molar-refractivity contribution in [3.05, 3.63) is 101 Å². The van der Waals surface area contributed by atoms with Crippen molar-refractivity contribution < 1.29 is 9.59 Å². The quantitative estimate of drug-likeness (QED) is 0.730. The summed E-state index contributed by atoms with van der Waals surface area (Å²) >= 11 is 0. The third kappa shape index (κ3) is 3.42. The van der Waals surface area contributed by atoms with Crippen molar-refractivity contribution in [3.8, 4) is 0 Å². The highest BCUT2D eigenvalue weighted by atomic mass is 16.2. The number of carbonyl (C=O) groups excluding carboxylic acids is 2. The van der Waals surface area contributed by atoms with Crippen LogP contribution in [0.25, 0.3) is 0 Å². The molecule has 0 fully saturated rings. The summed E-state index contributed by atoms with van der Waals surface area (Å²) in [7, 11) is 0. The first-order valence-electron chi connectivity index (χ1n) is 9.81. The average molecular weight is 384 g/mol. The molecule has 3 aromatic carbocycles. The fraction of sp³-hybridized carbons (Fsp3) is 0.200. The molecule has 1 aliphatic rings. The number of hydrogen-bond donors (Lipinski definition) is 1. The molecule has 4 heteroatoms. The zero-order valence-electron chi connectivity index (χ0n) is 16.7. The van der Waals surface area contributed by atoms with Crippen LogP contribution in [0.3, 0.4) is 0 Å². The van der Waals surface area contributed by atoms with Gasteiger partial charge < -0.3 is 5.32 Å². The van der Waals surface area contributed by atoms with Crippen molar-refractivity contribution in [2.24, 2.45) is 0 Å².